The Bertz CT molecular complexity index is 537. The van der Waals surface area contributed by atoms with Crippen molar-refractivity contribution in [2.75, 3.05) is 40.0 Å². The standard InChI is InChI=1S/C19H27NO3/c1-21-18-5-3-2-4-16(18)10-20-13-19(14-20)17(8-9-23-19)12-22-11-15-6-7-15/h2-5,15,17H,6-14H2,1H3/t17-/m1/s1. The molecule has 2 saturated heterocycles. The highest BCUT2D eigenvalue weighted by atomic mass is 16.5. The molecule has 1 aromatic rings. The highest BCUT2D eigenvalue weighted by Gasteiger charge is 2.52. The first-order valence-electron chi connectivity index (χ1n) is 8.85. The summed E-state index contributed by atoms with van der Waals surface area (Å²) in [6.45, 7) is 5.69. The first-order valence-corrected chi connectivity index (χ1v) is 8.85. The van der Waals surface area contributed by atoms with Gasteiger partial charge in [-0.05, 0) is 31.2 Å². The molecule has 0 amide bonds. The van der Waals surface area contributed by atoms with Gasteiger partial charge in [0.2, 0.25) is 0 Å². The van der Waals surface area contributed by atoms with E-state index in [1.54, 1.807) is 7.11 Å². The Morgan fingerprint density at radius 2 is 2.00 bits per heavy atom. The van der Waals surface area contributed by atoms with Gasteiger partial charge >= 0.3 is 0 Å². The van der Waals surface area contributed by atoms with Gasteiger partial charge in [-0.1, -0.05) is 18.2 Å². The summed E-state index contributed by atoms with van der Waals surface area (Å²) in [6, 6.07) is 8.28. The van der Waals surface area contributed by atoms with Gasteiger partial charge in [0.05, 0.1) is 19.3 Å². The van der Waals surface area contributed by atoms with Gasteiger partial charge in [0, 0.05) is 44.3 Å². The van der Waals surface area contributed by atoms with Gasteiger partial charge in [-0.25, -0.2) is 0 Å². The third-order valence-corrected chi connectivity index (χ3v) is 5.54. The van der Waals surface area contributed by atoms with E-state index in [1.165, 1.54) is 18.4 Å². The summed E-state index contributed by atoms with van der Waals surface area (Å²) in [5.41, 5.74) is 1.30. The highest BCUT2D eigenvalue weighted by Crippen LogP contribution is 2.41. The second kappa shape index (κ2) is 6.42. The van der Waals surface area contributed by atoms with Crippen LogP contribution in [-0.2, 0) is 16.0 Å². The fourth-order valence-corrected chi connectivity index (χ4v) is 3.93. The molecule has 1 atom stereocenters. The maximum absolute atomic E-state index is 6.13. The molecular weight excluding hydrogens is 290 g/mol. The van der Waals surface area contributed by atoms with E-state index in [9.17, 15) is 0 Å². The molecule has 1 saturated carbocycles. The number of benzene rings is 1. The van der Waals surface area contributed by atoms with Gasteiger partial charge < -0.3 is 14.2 Å². The summed E-state index contributed by atoms with van der Waals surface area (Å²) in [6.07, 6.45) is 3.87. The maximum atomic E-state index is 6.13. The molecule has 4 rings (SSSR count). The van der Waals surface area contributed by atoms with Gasteiger partial charge in [-0.3, -0.25) is 4.90 Å². The van der Waals surface area contributed by atoms with E-state index in [1.807, 2.05) is 12.1 Å². The molecule has 0 N–H and O–H groups in total. The van der Waals surface area contributed by atoms with Crippen molar-refractivity contribution in [3.8, 4) is 5.75 Å². The van der Waals surface area contributed by atoms with Gasteiger partial charge in [0.25, 0.3) is 0 Å². The number of hydrogen-bond donors (Lipinski definition) is 0. The van der Waals surface area contributed by atoms with Crippen LogP contribution in [0.5, 0.6) is 5.75 Å². The molecule has 0 radical (unpaired) electrons. The van der Waals surface area contributed by atoms with Gasteiger partial charge in [-0.15, -0.1) is 0 Å². The Labute approximate surface area is 138 Å². The Balaban J connectivity index is 1.30. The van der Waals surface area contributed by atoms with Crippen LogP contribution >= 0.6 is 0 Å². The lowest BCUT2D eigenvalue weighted by atomic mass is 9.81. The second-order valence-corrected chi connectivity index (χ2v) is 7.34. The number of hydrogen-bond acceptors (Lipinski definition) is 4. The molecular formula is C19H27NO3. The molecule has 0 aromatic heterocycles. The van der Waals surface area contributed by atoms with Crippen molar-refractivity contribution < 1.29 is 14.2 Å². The van der Waals surface area contributed by atoms with Crippen LogP contribution in [0.3, 0.4) is 0 Å². The predicted octanol–water partition coefficient (Wildman–Crippen LogP) is 2.71. The summed E-state index contributed by atoms with van der Waals surface area (Å²) < 4.78 is 17.5. The minimum atomic E-state index is 0.0472. The summed E-state index contributed by atoms with van der Waals surface area (Å²) >= 11 is 0. The van der Waals surface area contributed by atoms with Crippen LogP contribution in [0.2, 0.25) is 0 Å². The third-order valence-electron chi connectivity index (χ3n) is 5.54. The van der Waals surface area contributed by atoms with E-state index in [-0.39, 0.29) is 5.60 Å². The monoisotopic (exact) mass is 317 g/mol. The lowest BCUT2D eigenvalue weighted by Gasteiger charge is -2.50. The molecule has 2 heterocycles. The van der Waals surface area contributed by atoms with Gasteiger partial charge in [-0.2, -0.15) is 0 Å². The first kappa shape index (κ1) is 15.4. The van der Waals surface area contributed by atoms with E-state index < -0.39 is 0 Å². The number of ether oxygens (including phenoxy) is 3. The van der Waals surface area contributed by atoms with Crippen LogP contribution in [-0.4, -0.2) is 50.5 Å². The fourth-order valence-electron chi connectivity index (χ4n) is 3.93. The van der Waals surface area contributed by atoms with E-state index in [2.05, 4.69) is 17.0 Å². The molecule has 2 aliphatic heterocycles. The normalized spacial score (nSPS) is 26.4. The van der Waals surface area contributed by atoms with Crippen molar-refractivity contribution in [1.29, 1.82) is 0 Å². The van der Waals surface area contributed by atoms with Crippen molar-refractivity contribution >= 4 is 0 Å². The summed E-state index contributed by atoms with van der Waals surface area (Å²) in [7, 11) is 1.74. The van der Waals surface area contributed by atoms with Crippen molar-refractivity contribution in [1.82, 2.24) is 4.90 Å². The molecule has 0 unspecified atom stereocenters. The average Bonchev–Trinajstić information content (AvgIpc) is 3.26. The third kappa shape index (κ3) is 3.25. The summed E-state index contributed by atoms with van der Waals surface area (Å²) in [5, 5.41) is 0. The highest BCUT2D eigenvalue weighted by molar-refractivity contribution is 5.33. The van der Waals surface area contributed by atoms with Crippen LogP contribution in [0.1, 0.15) is 24.8 Å². The lowest BCUT2D eigenvalue weighted by molar-refractivity contribution is -0.146. The Kier molecular flexibility index (Phi) is 4.31. The molecule has 1 aromatic carbocycles. The second-order valence-electron chi connectivity index (χ2n) is 7.34. The first-order chi connectivity index (χ1) is 11.3. The Hall–Kier alpha value is -1.10. The summed E-state index contributed by atoms with van der Waals surface area (Å²) in [5.74, 6) is 2.39. The van der Waals surface area contributed by atoms with Crippen molar-refractivity contribution in [2.45, 2.75) is 31.4 Å². The van der Waals surface area contributed by atoms with Gasteiger partial charge in [0.15, 0.2) is 0 Å². The van der Waals surface area contributed by atoms with E-state index in [4.69, 9.17) is 14.2 Å². The summed E-state index contributed by atoms with van der Waals surface area (Å²) in [4.78, 5) is 2.46. The zero-order valence-electron chi connectivity index (χ0n) is 14.0. The quantitative estimate of drug-likeness (QED) is 0.774. The van der Waals surface area contributed by atoms with Crippen LogP contribution in [0.25, 0.3) is 0 Å². The van der Waals surface area contributed by atoms with E-state index in [0.29, 0.717) is 5.92 Å². The molecule has 126 valence electrons. The Morgan fingerprint density at radius 1 is 1.17 bits per heavy atom. The van der Waals surface area contributed by atoms with Gasteiger partial charge in [0.1, 0.15) is 5.75 Å². The molecule has 1 aliphatic carbocycles. The topological polar surface area (TPSA) is 30.9 Å². The average molecular weight is 317 g/mol. The number of para-hydroxylation sites is 1. The van der Waals surface area contributed by atoms with Crippen LogP contribution in [0, 0.1) is 11.8 Å². The van der Waals surface area contributed by atoms with Crippen LogP contribution < -0.4 is 4.74 Å². The molecule has 3 fully saturated rings. The number of rotatable bonds is 7. The van der Waals surface area contributed by atoms with E-state index >= 15 is 0 Å². The van der Waals surface area contributed by atoms with Crippen LogP contribution in [0.4, 0.5) is 0 Å². The van der Waals surface area contributed by atoms with Crippen molar-refractivity contribution in [2.24, 2.45) is 11.8 Å². The molecule has 1 spiro atoms. The Morgan fingerprint density at radius 3 is 2.78 bits per heavy atom. The SMILES string of the molecule is COc1ccccc1CN1CC2(C1)OCC[C@@H]2COCC1CC1. The zero-order chi connectivity index (χ0) is 15.7. The van der Waals surface area contributed by atoms with Crippen LogP contribution in [0.15, 0.2) is 24.3 Å². The van der Waals surface area contributed by atoms with E-state index in [0.717, 1.165) is 57.5 Å². The smallest absolute Gasteiger partial charge is 0.123 e. The molecule has 23 heavy (non-hydrogen) atoms. The minimum Gasteiger partial charge on any atom is -0.496 e. The largest absolute Gasteiger partial charge is 0.496 e. The number of methoxy groups -OCH3 is 1. The molecule has 3 aliphatic rings. The zero-order valence-corrected chi connectivity index (χ0v) is 14.0. The number of likely N-dealkylation sites (tertiary alicyclic amines) is 1. The number of nitrogens with zero attached hydrogens (tertiary/aromatic N) is 1. The molecule has 4 nitrogen and oxygen atoms in total. The predicted molar refractivity (Wildman–Crippen MR) is 88.6 cm³/mol. The van der Waals surface area contributed by atoms with Crippen molar-refractivity contribution in [3.63, 3.8) is 0 Å². The maximum Gasteiger partial charge on any atom is 0.123 e. The minimum absolute atomic E-state index is 0.0472. The molecule has 0 bridgehead atoms. The van der Waals surface area contributed by atoms with Crippen molar-refractivity contribution in [3.05, 3.63) is 29.8 Å². The fraction of sp³-hybridized carbons (Fsp3) is 0.684. The molecule has 4 heteroatoms. The lowest BCUT2D eigenvalue weighted by Crippen LogP contribution is -2.64.